The summed E-state index contributed by atoms with van der Waals surface area (Å²) in [5, 5.41) is 42.3. The zero-order chi connectivity index (χ0) is 41.1. The molecule has 1 aromatic rings. The second kappa shape index (κ2) is 19.9. The van der Waals surface area contributed by atoms with Crippen LogP contribution in [-0.2, 0) is 55.0 Å². The molecule has 1 fully saturated rings. The molecule has 306 valence electrons. The van der Waals surface area contributed by atoms with Crippen molar-refractivity contribution >= 4 is 45.6 Å². The number of hydrogen-bond donors (Lipinski definition) is 6. The predicted molar refractivity (Wildman–Crippen MR) is 188 cm³/mol. The molecule has 0 aromatic heterocycles. The van der Waals surface area contributed by atoms with E-state index in [0.717, 1.165) is 4.90 Å². The van der Waals surface area contributed by atoms with E-state index in [9.17, 15) is 62.2 Å². The number of carbonyl (C=O) groups excluding carboxylic acids is 5. The number of carboxylic acids is 1. The smallest absolute Gasteiger partial charge is 0.335 e. The molecule has 55 heavy (non-hydrogen) atoms. The van der Waals surface area contributed by atoms with E-state index < -0.39 is 99.8 Å². The number of ether oxygens (including phenoxy) is 4. The Morgan fingerprint density at radius 3 is 2.25 bits per heavy atom. The van der Waals surface area contributed by atoms with Crippen molar-refractivity contribution in [1.29, 1.82) is 0 Å². The molecule has 20 heteroatoms. The van der Waals surface area contributed by atoms with Crippen LogP contribution in [0, 0.1) is 11.3 Å². The molecule has 0 unspecified atom stereocenters. The zero-order valence-electron chi connectivity index (χ0n) is 30.6. The quantitative estimate of drug-likeness (QED) is 0.0409. The van der Waals surface area contributed by atoms with Crippen LogP contribution in [0.1, 0.15) is 64.9 Å². The van der Waals surface area contributed by atoms with Gasteiger partial charge in [-0.1, -0.05) is 6.42 Å². The van der Waals surface area contributed by atoms with Crippen molar-refractivity contribution in [2.75, 3.05) is 25.4 Å². The number of ketones is 1. The maximum absolute atomic E-state index is 12.9. The van der Waals surface area contributed by atoms with Gasteiger partial charge in [-0.15, -0.1) is 0 Å². The first-order chi connectivity index (χ1) is 25.7. The predicted octanol–water partition coefficient (Wildman–Crippen LogP) is -0.119. The summed E-state index contributed by atoms with van der Waals surface area (Å²) < 4.78 is 54.7. The Labute approximate surface area is 317 Å². The molecule has 6 atom stereocenters. The fourth-order valence-corrected chi connectivity index (χ4v) is 6.17. The van der Waals surface area contributed by atoms with Gasteiger partial charge in [-0.05, 0) is 52.2 Å². The van der Waals surface area contributed by atoms with Crippen LogP contribution in [-0.4, -0.2) is 130 Å². The second-order valence-electron chi connectivity index (χ2n) is 14.1. The van der Waals surface area contributed by atoms with E-state index in [1.165, 1.54) is 30.4 Å². The normalized spacial score (nSPS) is 21.9. The summed E-state index contributed by atoms with van der Waals surface area (Å²) in [5.41, 5.74) is -0.461. The molecule has 0 saturated carbocycles. The van der Waals surface area contributed by atoms with Gasteiger partial charge in [0.2, 0.25) is 12.2 Å². The van der Waals surface area contributed by atoms with E-state index in [1.807, 2.05) is 0 Å². The number of amides is 3. The van der Waals surface area contributed by atoms with Crippen LogP contribution in [0.25, 0.3) is 0 Å². The van der Waals surface area contributed by atoms with Crippen molar-refractivity contribution in [2.45, 2.75) is 96.6 Å². The minimum absolute atomic E-state index is 0.00786. The van der Waals surface area contributed by atoms with E-state index >= 15 is 0 Å². The first-order valence-electron chi connectivity index (χ1n) is 17.5. The highest BCUT2D eigenvalue weighted by atomic mass is 32.2. The number of nitrogens with one attached hydrogen (secondary N) is 1. The third-order valence-corrected chi connectivity index (χ3v) is 9.27. The molecule has 2 heterocycles. The number of carbonyl (C=O) groups is 6. The number of hydrogen-bond acceptors (Lipinski definition) is 15. The lowest BCUT2D eigenvalue weighted by Crippen LogP contribution is -2.61. The molecule has 0 aliphatic carbocycles. The Balaban J connectivity index is 1.57. The molecule has 0 bridgehead atoms. The number of benzene rings is 1. The van der Waals surface area contributed by atoms with Crippen LogP contribution < -0.4 is 14.8 Å². The Morgan fingerprint density at radius 1 is 0.964 bits per heavy atom. The number of aliphatic hydroxyl groups excluding tert-OH is 3. The number of imide groups is 1. The van der Waals surface area contributed by atoms with Crippen LogP contribution in [0.15, 0.2) is 30.4 Å². The van der Waals surface area contributed by atoms with Crippen molar-refractivity contribution in [3.8, 4) is 11.5 Å². The molecular formula is C35H48N2O17S. The van der Waals surface area contributed by atoms with E-state index in [-0.39, 0.29) is 50.6 Å². The van der Waals surface area contributed by atoms with Gasteiger partial charge in [0.15, 0.2) is 6.10 Å². The van der Waals surface area contributed by atoms with E-state index in [4.69, 9.17) is 18.9 Å². The topological polar surface area (TPSA) is 290 Å². The third-order valence-electron chi connectivity index (χ3n) is 8.45. The monoisotopic (exact) mass is 800 g/mol. The molecule has 0 radical (unpaired) electrons. The van der Waals surface area contributed by atoms with E-state index in [0.29, 0.717) is 24.8 Å². The third kappa shape index (κ3) is 14.0. The summed E-state index contributed by atoms with van der Waals surface area (Å²) in [5.74, 6) is -6.45. The average Bonchev–Trinajstić information content (AvgIpc) is 3.41. The Hall–Kier alpha value is -4.47. The SMILES string of the molecule is CC(C)(C)C(=O)OCc1ccc(O[C@@H]2O[C@H](C(=O)O)[C@@H](O)[C@H](O)[C@H]2O)cc1OCCCNC(=O)[C@@H](CC(=O)CCCCCN1C(=O)C=CC1=O)CS(=O)(=O)O. The Morgan fingerprint density at radius 2 is 1.64 bits per heavy atom. The largest absolute Gasteiger partial charge is 0.493 e. The van der Waals surface area contributed by atoms with Gasteiger partial charge in [0.25, 0.3) is 21.9 Å². The zero-order valence-corrected chi connectivity index (χ0v) is 31.4. The highest BCUT2D eigenvalue weighted by Gasteiger charge is 2.48. The van der Waals surface area contributed by atoms with Gasteiger partial charge in [0.1, 0.15) is 42.2 Å². The molecule has 2 aliphatic rings. The number of aliphatic carboxylic acids is 1. The number of aliphatic hydroxyl groups is 3. The minimum Gasteiger partial charge on any atom is -0.493 e. The van der Waals surface area contributed by atoms with Crippen molar-refractivity contribution < 1.29 is 81.1 Å². The van der Waals surface area contributed by atoms with E-state index in [2.05, 4.69) is 5.32 Å². The highest BCUT2D eigenvalue weighted by molar-refractivity contribution is 7.85. The summed E-state index contributed by atoms with van der Waals surface area (Å²) in [6, 6.07) is 4.16. The molecule has 1 aromatic carbocycles. The van der Waals surface area contributed by atoms with Gasteiger partial charge in [0, 0.05) is 49.7 Å². The van der Waals surface area contributed by atoms with Crippen molar-refractivity contribution in [1.82, 2.24) is 10.2 Å². The average molecular weight is 801 g/mol. The van der Waals surface area contributed by atoms with Gasteiger partial charge in [-0.25, -0.2) is 4.79 Å². The van der Waals surface area contributed by atoms with Gasteiger partial charge in [0.05, 0.1) is 23.7 Å². The van der Waals surface area contributed by atoms with Gasteiger partial charge in [-0.3, -0.25) is 33.4 Å². The number of Topliss-reactive ketones (excluding diaryl/α,β-unsaturated/α-hetero) is 1. The van der Waals surface area contributed by atoms with Crippen LogP contribution in [0.3, 0.4) is 0 Å². The fraction of sp³-hybridized carbons (Fsp3) is 0.600. The number of nitrogens with zero attached hydrogens (tertiary/aromatic N) is 1. The summed E-state index contributed by atoms with van der Waals surface area (Å²) in [4.78, 5) is 73.8. The first-order valence-corrected chi connectivity index (χ1v) is 19.1. The maximum Gasteiger partial charge on any atom is 0.335 e. The fourth-order valence-electron chi connectivity index (χ4n) is 5.39. The first kappa shape index (κ1) is 44.9. The van der Waals surface area contributed by atoms with Gasteiger partial charge < -0.3 is 44.7 Å². The lowest BCUT2D eigenvalue weighted by atomic mass is 9.97. The molecule has 1 saturated heterocycles. The Bertz CT molecular complexity index is 1690. The lowest BCUT2D eigenvalue weighted by molar-refractivity contribution is -0.271. The maximum atomic E-state index is 12.9. The van der Waals surface area contributed by atoms with E-state index in [1.54, 1.807) is 20.8 Å². The molecule has 3 amide bonds. The summed E-state index contributed by atoms with van der Waals surface area (Å²) in [6.45, 7) is 4.79. The van der Waals surface area contributed by atoms with Gasteiger partial charge in [-0.2, -0.15) is 8.42 Å². The van der Waals surface area contributed by atoms with Crippen molar-refractivity contribution in [3.05, 3.63) is 35.9 Å². The van der Waals surface area contributed by atoms with Crippen LogP contribution >= 0.6 is 0 Å². The highest BCUT2D eigenvalue weighted by Crippen LogP contribution is 2.30. The lowest BCUT2D eigenvalue weighted by Gasteiger charge is -2.38. The molecule has 19 nitrogen and oxygen atoms in total. The number of rotatable bonds is 21. The molecule has 2 aliphatic heterocycles. The van der Waals surface area contributed by atoms with Crippen molar-refractivity contribution in [2.24, 2.45) is 11.3 Å². The number of unbranched alkanes of at least 4 members (excludes halogenated alkanes) is 2. The Kier molecular flexibility index (Phi) is 16.3. The van der Waals surface area contributed by atoms with Crippen LogP contribution in [0.4, 0.5) is 0 Å². The molecule has 3 rings (SSSR count). The van der Waals surface area contributed by atoms with Crippen molar-refractivity contribution in [3.63, 3.8) is 0 Å². The summed E-state index contributed by atoms with van der Waals surface area (Å²) in [7, 11) is -4.63. The standard InChI is InChI=1S/C35H48N2O17S/c1-35(2,3)34(47)52-18-20-9-10-23(53-33-29(43)27(41)28(42)30(54-33)32(45)46)17-24(20)51-15-7-13-36-31(44)21(19-55(48,49)50)16-22(38)8-5-4-6-14-37-25(39)11-12-26(37)40/h9-12,17,21,27-30,33,41-43H,4-8,13-16,18-19H2,1-3H3,(H,36,44)(H,45,46)(H,48,49,50)/t21-,27-,28-,29+,30-,33+/m0/s1. The molecular weight excluding hydrogens is 752 g/mol. The minimum atomic E-state index is -4.63. The number of carboxylic acid groups (broad SMARTS) is 1. The number of esters is 1. The van der Waals surface area contributed by atoms with Crippen LogP contribution in [0.5, 0.6) is 11.5 Å². The summed E-state index contributed by atoms with van der Waals surface area (Å²) in [6.07, 6.45) is -5.97. The second-order valence-corrected chi connectivity index (χ2v) is 15.6. The van der Waals surface area contributed by atoms with Gasteiger partial charge >= 0.3 is 11.9 Å². The molecule has 6 N–H and O–H groups in total. The summed E-state index contributed by atoms with van der Waals surface area (Å²) >= 11 is 0. The van der Waals surface area contributed by atoms with Crippen LogP contribution in [0.2, 0.25) is 0 Å². The molecule has 0 spiro atoms.